The minimum Gasteiger partial charge on any atom is -0.339 e. The lowest BCUT2D eigenvalue weighted by Gasteiger charge is -2.32. The average molecular weight is 295 g/mol. The summed E-state index contributed by atoms with van der Waals surface area (Å²) < 4.78 is 0. The summed E-state index contributed by atoms with van der Waals surface area (Å²) in [6.07, 6.45) is 8.43. The van der Waals surface area contributed by atoms with Gasteiger partial charge in [-0.3, -0.25) is 14.8 Å². The number of hydrogen-bond acceptors (Lipinski definition) is 3. The highest BCUT2D eigenvalue weighted by molar-refractivity contribution is 5.93. The zero-order chi connectivity index (χ0) is 15.4. The number of rotatable bonds is 3. The zero-order valence-corrected chi connectivity index (χ0v) is 12.9. The topological polar surface area (TPSA) is 46.1 Å². The third kappa shape index (κ3) is 3.50. The molecule has 2 aromatic heterocycles. The van der Waals surface area contributed by atoms with E-state index in [0.717, 1.165) is 38.0 Å². The van der Waals surface area contributed by atoms with Crippen LogP contribution >= 0.6 is 0 Å². The zero-order valence-electron chi connectivity index (χ0n) is 12.9. The van der Waals surface area contributed by atoms with Gasteiger partial charge in [-0.2, -0.15) is 0 Å². The molecule has 0 aliphatic carbocycles. The second-order valence-corrected chi connectivity index (χ2v) is 5.99. The van der Waals surface area contributed by atoms with Gasteiger partial charge in [0.05, 0.1) is 5.56 Å². The standard InChI is InChI=1S/C18H21N3O/c1-14-11-16(4-8-20-14)12-15-5-9-21(10-6-15)18(22)17-3-2-7-19-13-17/h2-4,7-8,11,13,15H,5-6,9-10,12H2,1H3. The number of piperidine rings is 1. The van der Waals surface area contributed by atoms with Gasteiger partial charge in [-0.1, -0.05) is 0 Å². The Morgan fingerprint density at radius 3 is 2.77 bits per heavy atom. The summed E-state index contributed by atoms with van der Waals surface area (Å²) >= 11 is 0. The molecule has 3 heterocycles. The molecule has 0 saturated carbocycles. The number of pyridine rings is 2. The van der Waals surface area contributed by atoms with Gasteiger partial charge in [0.1, 0.15) is 0 Å². The van der Waals surface area contributed by atoms with E-state index in [1.54, 1.807) is 12.4 Å². The number of hydrogen-bond donors (Lipinski definition) is 0. The van der Waals surface area contributed by atoms with Crippen molar-refractivity contribution >= 4 is 5.91 Å². The predicted molar refractivity (Wildman–Crippen MR) is 85.5 cm³/mol. The van der Waals surface area contributed by atoms with E-state index in [0.29, 0.717) is 11.5 Å². The second-order valence-electron chi connectivity index (χ2n) is 5.99. The number of carbonyl (C=O) groups excluding carboxylic acids is 1. The van der Waals surface area contributed by atoms with Gasteiger partial charge in [-0.05, 0) is 61.9 Å². The quantitative estimate of drug-likeness (QED) is 0.874. The third-order valence-corrected chi connectivity index (χ3v) is 4.30. The van der Waals surface area contributed by atoms with Crippen molar-refractivity contribution in [3.05, 3.63) is 59.7 Å². The van der Waals surface area contributed by atoms with Crippen molar-refractivity contribution < 1.29 is 4.79 Å². The smallest absolute Gasteiger partial charge is 0.255 e. The maximum absolute atomic E-state index is 12.4. The Labute approximate surface area is 131 Å². The molecular formula is C18H21N3O. The first-order valence-electron chi connectivity index (χ1n) is 7.83. The number of amides is 1. The second kappa shape index (κ2) is 6.69. The Kier molecular flexibility index (Phi) is 4.47. The van der Waals surface area contributed by atoms with Crippen LogP contribution < -0.4 is 0 Å². The SMILES string of the molecule is Cc1cc(CC2CCN(C(=O)c3cccnc3)CC2)ccn1. The number of likely N-dealkylation sites (tertiary alicyclic amines) is 1. The first-order valence-corrected chi connectivity index (χ1v) is 7.83. The van der Waals surface area contributed by atoms with Gasteiger partial charge in [-0.15, -0.1) is 0 Å². The van der Waals surface area contributed by atoms with Gasteiger partial charge >= 0.3 is 0 Å². The maximum atomic E-state index is 12.4. The fourth-order valence-electron chi connectivity index (χ4n) is 3.08. The Hall–Kier alpha value is -2.23. The molecule has 2 aromatic rings. The van der Waals surface area contributed by atoms with E-state index >= 15 is 0 Å². The van der Waals surface area contributed by atoms with Crippen LogP contribution in [0.1, 0.15) is 34.5 Å². The lowest BCUT2D eigenvalue weighted by atomic mass is 9.90. The molecule has 0 spiro atoms. The Bertz CT molecular complexity index is 634. The number of aryl methyl sites for hydroxylation is 1. The van der Waals surface area contributed by atoms with Crippen LogP contribution in [-0.4, -0.2) is 33.9 Å². The molecule has 1 aliphatic heterocycles. The normalized spacial score (nSPS) is 15.8. The van der Waals surface area contributed by atoms with Crippen molar-refractivity contribution in [1.82, 2.24) is 14.9 Å². The van der Waals surface area contributed by atoms with Crippen LogP contribution in [0.15, 0.2) is 42.9 Å². The molecule has 3 rings (SSSR count). The monoisotopic (exact) mass is 295 g/mol. The number of nitrogens with zero attached hydrogens (tertiary/aromatic N) is 3. The maximum Gasteiger partial charge on any atom is 0.255 e. The molecule has 0 unspecified atom stereocenters. The van der Waals surface area contributed by atoms with Crippen LogP contribution in [0.2, 0.25) is 0 Å². The predicted octanol–water partition coefficient (Wildman–Crippen LogP) is 2.88. The van der Waals surface area contributed by atoms with Crippen LogP contribution in [-0.2, 0) is 6.42 Å². The van der Waals surface area contributed by atoms with E-state index in [-0.39, 0.29) is 5.91 Å². The van der Waals surface area contributed by atoms with Crippen molar-refractivity contribution in [1.29, 1.82) is 0 Å². The summed E-state index contributed by atoms with van der Waals surface area (Å²) in [5.74, 6) is 0.756. The van der Waals surface area contributed by atoms with E-state index in [4.69, 9.17) is 0 Å². The highest BCUT2D eigenvalue weighted by Gasteiger charge is 2.23. The van der Waals surface area contributed by atoms with Crippen LogP contribution in [0.5, 0.6) is 0 Å². The highest BCUT2D eigenvalue weighted by Crippen LogP contribution is 2.22. The molecule has 0 radical (unpaired) electrons. The summed E-state index contributed by atoms with van der Waals surface area (Å²) in [6, 6.07) is 7.90. The fourth-order valence-corrected chi connectivity index (χ4v) is 3.08. The molecule has 1 amide bonds. The van der Waals surface area contributed by atoms with Gasteiger partial charge in [-0.25, -0.2) is 0 Å². The van der Waals surface area contributed by atoms with Gasteiger partial charge in [0.2, 0.25) is 0 Å². The number of carbonyl (C=O) groups is 1. The van der Waals surface area contributed by atoms with Crippen molar-refractivity contribution in [2.45, 2.75) is 26.2 Å². The van der Waals surface area contributed by atoms with E-state index in [1.165, 1.54) is 5.56 Å². The fraction of sp³-hybridized carbons (Fsp3) is 0.389. The van der Waals surface area contributed by atoms with Crippen molar-refractivity contribution in [2.75, 3.05) is 13.1 Å². The molecule has 0 atom stereocenters. The van der Waals surface area contributed by atoms with Crippen molar-refractivity contribution in [3.63, 3.8) is 0 Å². The summed E-state index contributed by atoms with van der Waals surface area (Å²) in [5, 5.41) is 0. The third-order valence-electron chi connectivity index (χ3n) is 4.30. The van der Waals surface area contributed by atoms with E-state index in [2.05, 4.69) is 22.1 Å². The van der Waals surface area contributed by atoms with Crippen molar-refractivity contribution in [2.24, 2.45) is 5.92 Å². The molecule has 1 saturated heterocycles. The van der Waals surface area contributed by atoms with Gasteiger partial charge < -0.3 is 4.90 Å². The molecule has 1 fully saturated rings. The van der Waals surface area contributed by atoms with E-state index in [9.17, 15) is 4.79 Å². The van der Waals surface area contributed by atoms with Crippen LogP contribution in [0.25, 0.3) is 0 Å². The summed E-state index contributed by atoms with van der Waals surface area (Å²) in [5.41, 5.74) is 3.11. The largest absolute Gasteiger partial charge is 0.339 e. The average Bonchev–Trinajstić information content (AvgIpc) is 2.56. The Balaban J connectivity index is 1.55. The van der Waals surface area contributed by atoms with Gasteiger partial charge in [0.25, 0.3) is 5.91 Å². The molecule has 4 nitrogen and oxygen atoms in total. The van der Waals surface area contributed by atoms with Gasteiger partial charge in [0, 0.05) is 37.4 Å². The van der Waals surface area contributed by atoms with Crippen LogP contribution in [0, 0.1) is 12.8 Å². The lowest BCUT2D eigenvalue weighted by molar-refractivity contribution is 0.0690. The minimum absolute atomic E-state index is 0.103. The molecule has 0 bridgehead atoms. The molecule has 0 N–H and O–H groups in total. The number of aromatic nitrogens is 2. The molecule has 0 aromatic carbocycles. The Morgan fingerprint density at radius 1 is 1.27 bits per heavy atom. The van der Waals surface area contributed by atoms with Crippen molar-refractivity contribution in [3.8, 4) is 0 Å². The lowest BCUT2D eigenvalue weighted by Crippen LogP contribution is -2.38. The first kappa shape index (κ1) is 14.7. The molecule has 1 aliphatic rings. The summed E-state index contributed by atoms with van der Waals surface area (Å²) in [4.78, 5) is 22.6. The highest BCUT2D eigenvalue weighted by atomic mass is 16.2. The first-order chi connectivity index (χ1) is 10.7. The van der Waals surface area contributed by atoms with Crippen LogP contribution in [0.4, 0.5) is 0 Å². The Morgan fingerprint density at radius 2 is 2.09 bits per heavy atom. The molecule has 4 heteroatoms. The summed E-state index contributed by atoms with van der Waals surface area (Å²) in [7, 11) is 0. The molecule has 22 heavy (non-hydrogen) atoms. The van der Waals surface area contributed by atoms with Crippen LogP contribution in [0.3, 0.4) is 0 Å². The molecular weight excluding hydrogens is 274 g/mol. The van der Waals surface area contributed by atoms with Gasteiger partial charge in [0.15, 0.2) is 0 Å². The van der Waals surface area contributed by atoms with E-state index < -0.39 is 0 Å². The summed E-state index contributed by atoms with van der Waals surface area (Å²) in [6.45, 7) is 3.70. The minimum atomic E-state index is 0.103. The molecule has 114 valence electrons. The van der Waals surface area contributed by atoms with E-state index in [1.807, 2.05) is 30.2 Å².